The molecule has 0 aliphatic heterocycles. The van der Waals surface area contributed by atoms with E-state index < -0.39 is 23.9 Å². The number of aliphatic hydroxyl groups excluding tert-OH is 1. The largest absolute Gasteiger partial charge is 0.490 e. The first kappa shape index (κ1) is 21.8. The van der Waals surface area contributed by atoms with Crippen LogP contribution >= 0.6 is 0 Å². The number of hydrogen-bond acceptors (Lipinski definition) is 5. The Kier molecular flexibility index (Phi) is 6.45. The van der Waals surface area contributed by atoms with Crippen molar-refractivity contribution in [2.75, 3.05) is 0 Å². The molecule has 0 fully saturated rings. The second-order valence-electron chi connectivity index (χ2n) is 7.26. The third-order valence-electron chi connectivity index (χ3n) is 4.77. The van der Waals surface area contributed by atoms with E-state index in [2.05, 4.69) is 16.9 Å². The smallest absolute Gasteiger partial charge is 0.419 e. The molecule has 1 atom stereocenters. The van der Waals surface area contributed by atoms with Gasteiger partial charge in [0.25, 0.3) is 5.90 Å². The van der Waals surface area contributed by atoms with Crippen LogP contribution in [0.15, 0.2) is 46.5 Å². The number of nitrogens with zero attached hydrogens (tertiary/aromatic N) is 2. The number of oxime groups is 1. The maximum absolute atomic E-state index is 13.5. The van der Waals surface area contributed by atoms with Crippen LogP contribution in [0, 0.1) is 0 Å². The van der Waals surface area contributed by atoms with Gasteiger partial charge in [0.05, 0.1) is 24.3 Å². The van der Waals surface area contributed by atoms with Crippen molar-refractivity contribution in [1.82, 2.24) is 0 Å². The minimum atomic E-state index is -4.61. The molecule has 0 saturated heterocycles. The fourth-order valence-electron chi connectivity index (χ4n) is 3.49. The molecular formula is C22H23F3N2O3. The summed E-state index contributed by atoms with van der Waals surface area (Å²) < 4.78 is 45.9. The second-order valence-corrected chi connectivity index (χ2v) is 7.26. The zero-order chi connectivity index (χ0) is 21.9. The van der Waals surface area contributed by atoms with Crippen LogP contribution < -0.4 is 4.74 Å². The highest BCUT2D eigenvalue weighted by Crippen LogP contribution is 2.38. The van der Waals surface area contributed by atoms with Crippen molar-refractivity contribution in [3.05, 3.63) is 64.2 Å². The molecule has 0 bridgehead atoms. The quantitative estimate of drug-likeness (QED) is 0.404. The predicted octanol–water partition coefficient (Wildman–Crippen LogP) is 5.05. The highest BCUT2D eigenvalue weighted by molar-refractivity contribution is 5.94. The lowest BCUT2D eigenvalue weighted by molar-refractivity contribution is -0.139. The van der Waals surface area contributed by atoms with Gasteiger partial charge in [0.1, 0.15) is 5.75 Å². The molecule has 0 saturated carbocycles. The molecule has 0 amide bonds. The minimum absolute atomic E-state index is 0.0808. The van der Waals surface area contributed by atoms with Gasteiger partial charge in [-0.2, -0.15) is 13.2 Å². The van der Waals surface area contributed by atoms with Gasteiger partial charge in [-0.1, -0.05) is 23.4 Å². The maximum atomic E-state index is 13.5. The summed E-state index contributed by atoms with van der Waals surface area (Å²) in [6.07, 6.45) is -4.16. The molecule has 0 aromatic heterocycles. The molecule has 8 heteroatoms. The molecule has 2 aromatic rings. The van der Waals surface area contributed by atoms with Crippen molar-refractivity contribution in [3.63, 3.8) is 0 Å². The van der Waals surface area contributed by atoms with Crippen LogP contribution in [0.25, 0.3) is 0 Å². The molecule has 1 aliphatic rings. The van der Waals surface area contributed by atoms with E-state index in [0.717, 1.165) is 29.2 Å². The third kappa shape index (κ3) is 4.81. The Labute approximate surface area is 172 Å². The van der Waals surface area contributed by atoms with Crippen LogP contribution in [0.1, 0.15) is 54.2 Å². The van der Waals surface area contributed by atoms with E-state index in [1.165, 1.54) is 12.1 Å². The summed E-state index contributed by atoms with van der Waals surface area (Å²) in [5, 5.41) is 13.4. The van der Waals surface area contributed by atoms with Gasteiger partial charge in [-0.3, -0.25) is 0 Å². The first-order valence-corrected chi connectivity index (χ1v) is 9.55. The van der Waals surface area contributed by atoms with E-state index in [1.54, 1.807) is 13.8 Å². The molecule has 1 unspecified atom stereocenters. The number of fused-ring (bicyclic) bond motifs is 1. The molecule has 0 radical (unpaired) electrons. The van der Waals surface area contributed by atoms with Crippen molar-refractivity contribution >= 4 is 12.6 Å². The van der Waals surface area contributed by atoms with Crippen molar-refractivity contribution in [1.29, 1.82) is 0 Å². The molecule has 3 rings (SSSR count). The molecule has 160 valence electrons. The Morgan fingerprint density at radius 3 is 2.70 bits per heavy atom. The summed E-state index contributed by atoms with van der Waals surface area (Å²) in [6, 6.07) is 9.18. The first-order valence-electron chi connectivity index (χ1n) is 9.55. The van der Waals surface area contributed by atoms with Gasteiger partial charge >= 0.3 is 6.18 Å². The topological polar surface area (TPSA) is 63.4 Å². The number of hydrogen-bond donors (Lipinski definition) is 1. The highest BCUT2D eigenvalue weighted by Gasteiger charge is 2.35. The van der Waals surface area contributed by atoms with Crippen LogP contribution in [0.4, 0.5) is 13.2 Å². The van der Waals surface area contributed by atoms with Crippen LogP contribution in [0.3, 0.4) is 0 Å². The molecule has 1 aliphatic carbocycles. The van der Waals surface area contributed by atoms with Gasteiger partial charge in [-0.15, -0.1) is 0 Å². The molecule has 2 aromatic carbocycles. The van der Waals surface area contributed by atoms with Crippen LogP contribution in [0.2, 0.25) is 0 Å². The Hall–Kier alpha value is -2.87. The standard InChI is InChI=1S/C22H23F3N2O3/c1-13(2)29-20-10-7-14(11-18(20)22(23,24)25)21(30-26-3)27-12-15-5-4-6-17-16(15)8-9-19(17)28/h4-7,10-11,13,19,28H,3,8-9,12H2,1-2H3/b27-21-. The molecule has 30 heavy (non-hydrogen) atoms. The van der Waals surface area contributed by atoms with E-state index in [1.807, 2.05) is 18.2 Å². The summed E-state index contributed by atoms with van der Waals surface area (Å²) in [7, 11) is 0. The monoisotopic (exact) mass is 420 g/mol. The lowest BCUT2D eigenvalue weighted by Gasteiger charge is -2.17. The summed E-state index contributed by atoms with van der Waals surface area (Å²) in [4.78, 5) is 9.43. The number of benzene rings is 2. The zero-order valence-corrected chi connectivity index (χ0v) is 16.7. The van der Waals surface area contributed by atoms with Gasteiger partial charge < -0.3 is 14.7 Å². The summed E-state index contributed by atoms with van der Waals surface area (Å²) >= 11 is 0. The van der Waals surface area contributed by atoms with E-state index in [9.17, 15) is 18.3 Å². The average Bonchev–Trinajstić information content (AvgIpc) is 3.06. The molecule has 0 spiro atoms. The maximum Gasteiger partial charge on any atom is 0.419 e. The van der Waals surface area contributed by atoms with Gasteiger partial charge in [-0.25, -0.2) is 4.99 Å². The first-order chi connectivity index (χ1) is 14.2. The van der Waals surface area contributed by atoms with Crippen LogP contribution in [0.5, 0.6) is 5.75 Å². The van der Waals surface area contributed by atoms with Crippen molar-refractivity contribution < 1.29 is 27.9 Å². The van der Waals surface area contributed by atoms with Gasteiger partial charge in [0.2, 0.25) is 0 Å². The number of halogens is 3. The second kappa shape index (κ2) is 8.87. The summed E-state index contributed by atoms with van der Waals surface area (Å²) in [6.45, 7) is 6.72. The van der Waals surface area contributed by atoms with E-state index >= 15 is 0 Å². The SMILES string of the molecule is C=NO/C(=N\Cc1cccc2c1CCC2O)c1ccc(OC(C)C)c(C(F)(F)F)c1. The Bertz CT molecular complexity index is 955. The highest BCUT2D eigenvalue weighted by atomic mass is 19.4. The Morgan fingerprint density at radius 2 is 2.03 bits per heavy atom. The van der Waals surface area contributed by atoms with E-state index in [4.69, 9.17) is 9.57 Å². The predicted molar refractivity (Wildman–Crippen MR) is 108 cm³/mol. The zero-order valence-electron chi connectivity index (χ0n) is 16.7. The summed E-state index contributed by atoms with van der Waals surface area (Å²) in [5.74, 6) is -0.343. The Balaban J connectivity index is 1.96. The fourth-order valence-corrected chi connectivity index (χ4v) is 3.49. The number of rotatable bonds is 6. The van der Waals surface area contributed by atoms with Gasteiger partial charge in [-0.05, 0) is 61.6 Å². The summed E-state index contributed by atoms with van der Waals surface area (Å²) in [5.41, 5.74) is 1.94. The number of ether oxygens (including phenoxy) is 1. The third-order valence-corrected chi connectivity index (χ3v) is 4.77. The van der Waals surface area contributed by atoms with E-state index in [0.29, 0.717) is 6.42 Å². The molecule has 1 N–H and O–H groups in total. The average molecular weight is 420 g/mol. The molecular weight excluding hydrogens is 397 g/mol. The number of aliphatic imine (C=N–C) groups is 1. The van der Waals surface area contributed by atoms with Gasteiger partial charge in [0, 0.05) is 12.3 Å². The van der Waals surface area contributed by atoms with Crippen molar-refractivity contribution in [2.24, 2.45) is 10.1 Å². The van der Waals surface area contributed by atoms with Crippen molar-refractivity contribution in [2.45, 2.75) is 51.6 Å². The van der Waals surface area contributed by atoms with Gasteiger partial charge in [0.15, 0.2) is 0 Å². The van der Waals surface area contributed by atoms with Crippen molar-refractivity contribution in [3.8, 4) is 5.75 Å². The Morgan fingerprint density at radius 1 is 1.27 bits per heavy atom. The lowest BCUT2D eigenvalue weighted by atomic mass is 10.0. The normalized spacial score (nSPS) is 16.5. The fraction of sp³-hybridized carbons (Fsp3) is 0.364. The van der Waals surface area contributed by atoms with E-state index in [-0.39, 0.29) is 23.8 Å². The number of alkyl halides is 3. The lowest BCUT2D eigenvalue weighted by Crippen LogP contribution is -2.14. The number of aliphatic hydroxyl groups is 1. The van der Waals surface area contributed by atoms with Crippen LogP contribution in [-0.2, 0) is 24.0 Å². The molecule has 5 nitrogen and oxygen atoms in total. The molecule has 0 heterocycles. The minimum Gasteiger partial charge on any atom is -0.490 e. The van der Waals surface area contributed by atoms with Crippen LogP contribution in [-0.4, -0.2) is 23.8 Å².